The summed E-state index contributed by atoms with van der Waals surface area (Å²) in [5, 5.41) is 3.65. The first kappa shape index (κ1) is 7.27. The SMILES string of the molecule is CCNc1nc(=O)n(C)s1. The number of nitrogens with zero attached hydrogens (tertiary/aromatic N) is 2. The molecule has 0 unspecified atom stereocenters. The molecule has 0 aliphatic carbocycles. The van der Waals surface area contributed by atoms with Crippen LogP contribution in [0, 0.1) is 0 Å². The second kappa shape index (κ2) is 2.83. The molecule has 0 aliphatic rings. The molecule has 0 amide bonds. The molecule has 0 aliphatic heterocycles. The van der Waals surface area contributed by atoms with Gasteiger partial charge in [-0.3, -0.25) is 0 Å². The summed E-state index contributed by atoms with van der Waals surface area (Å²) in [6, 6.07) is 0. The Morgan fingerprint density at radius 3 is 2.90 bits per heavy atom. The molecule has 1 rings (SSSR count). The lowest BCUT2D eigenvalue weighted by atomic mass is 10.8. The Balaban J connectivity index is 2.88. The van der Waals surface area contributed by atoms with Crippen molar-refractivity contribution in [3.63, 3.8) is 0 Å². The van der Waals surface area contributed by atoms with E-state index in [9.17, 15) is 4.79 Å². The number of anilines is 1. The van der Waals surface area contributed by atoms with Gasteiger partial charge in [-0.05, 0) is 18.5 Å². The zero-order valence-electron chi connectivity index (χ0n) is 5.92. The lowest BCUT2D eigenvalue weighted by Gasteiger charge is -1.91. The monoisotopic (exact) mass is 159 g/mol. The van der Waals surface area contributed by atoms with Gasteiger partial charge >= 0.3 is 5.69 Å². The van der Waals surface area contributed by atoms with Crippen LogP contribution in [-0.4, -0.2) is 15.5 Å². The summed E-state index contributed by atoms with van der Waals surface area (Å²) in [7, 11) is 1.70. The van der Waals surface area contributed by atoms with Gasteiger partial charge < -0.3 is 5.32 Å². The Morgan fingerprint density at radius 1 is 1.80 bits per heavy atom. The molecule has 0 fully saturated rings. The minimum atomic E-state index is -0.194. The Bertz CT molecular complexity index is 264. The first-order valence-corrected chi connectivity index (χ1v) is 3.79. The van der Waals surface area contributed by atoms with Crippen molar-refractivity contribution in [1.82, 2.24) is 8.94 Å². The molecular weight excluding hydrogens is 150 g/mol. The summed E-state index contributed by atoms with van der Waals surface area (Å²) in [6.07, 6.45) is 0. The third-order valence-electron chi connectivity index (χ3n) is 1.02. The van der Waals surface area contributed by atoms with Gasteiger partial charge in [0.25, 0.3) is 0 Å². The van der Waals surface area contributed by atoms with Gasteiger partial charge in [0, 0.05) is 13.6 Å². The number of rotatable bonds is 2. The standard InChI is InChI=1S/C5H9N3OS/c1-3-6-4-7-5(9)8(2)10-4/h3H2,1-2H3,(H,6,7,9). The van der Waals surface area contributed by atoms with Gasteiger partial charge in [0.2, 0.25) is 5.13 Å². The van der Waals surface area contributed by atoms with Gasteiger partial charge in [0.1, 0.15) is 0 Å². The van der Waals surface area contributed by atoms with Crippen LogP contribution in [-0.2, 0) is 7.05 Å². The van der Waals surface area contributed by atoms with Crippen molar-refractivity contribution in [2.24, 2.45) is 7.05 Å². The zero-order chi connectivity index (χ0) is 7.56. The van der Waals surface area contributed by atoms with E-state index < -0.39 is 0 Å². The van der Waals surface area contributed by atoms with Crippen LogP contribution in [0.4, 0.5) is 5.13 Å². The highest BCUT2D eigenvalue weighted by molar-refractivity contribution is 7.10. The Morgan fingerprint density at radius 2 is 2.50 bits per heavy atom. The molecule has 0 aromatic carbocycles. The largest absolute Gasteiger partial charge is 0.361 e. The summed E-state index contributed by atoms with van der Waals surface area (Å²) in [5.41, 5.74) is -0.194. The molecule has 0 saturated carbocycles. The van der Waals surface area contributed by atoms with Crippen LogP contribution < -0.4 is 11.0 Å². The number of hydrogen-bond acceptors (Lipinski definition) is 4. The van der Waals surface area contributed by atoms with Crippen LogP contribution in [0.3, 0.4) is 0 Å². The van der Waals surface area contributed by atoms with E-state index in [1.807, 2.05) is 6.92 Å². The molecule has 1 N–H and O–H groups in total. The van der Waals surface area contributed by atoms with Crippen molar-refractivity contribution in [1.29, 1.82) is 0 Å². The van der Waals surface area contributed by atoms with E-state index in [4.69, 9.17) is 0 Å². The summed E-state index contributed by atoms with van der Waals surface area (Å²) in [5.74, 6) is 0. The highest BCUT2D eigenvalue weighted by atomic mass is 32.1. The molecule has 56 valence electrons. The summed E-state index contributed by atoms with van der Waals surface area (Å²) in [4.78, 5) is 14.5. The van der Waals surface area contributed by atoms with E-state index >= 15 is 0 Å². The Kier molecular flexibility index (Phi) is 2.06. The molecule has 1 aromatic rings. The highest BCUT2D eigenvalue weighted by Crippen LogP contribution is 2.04. The molecule has 4 nitrogen and oxygen atoms in total. The predicted molar refractivity (Wildman–Crippen MR) is 41.5 cm³/mol. The van der Waals surface area contributed by atoms with Gasteiger partial charge in [-0.2, -0.15) is 4.98 Å². The van der Waals surface area contributed by atoms with E-state index in [0.717, 1.165) is 6.54 Å². The number of nitrogens with one attached hydrogen (secondary N) is 1. The minimum Gasteiger partial charge on any atom is -0.361 e. The van der Waals surface area contributed by atoms with Gasteiger partial charge in [0.15, 0.2) is 0 Å². The van der Waals surface area contributed by atoms with Crippen LogP contribution in [0.25, 0.3) is 0 Å². The van der Waals surface area contributed by atoms with Crippen LogP contribution in [0.5, 0.6) is 0 Å². The molecule has 0 atom stereocenters. The first-order chi connectivity index (χ1) is 4.74. The molecule has 0 saturated heterocycles. The fraction of sp³-hybridized carbons (Fsp3) is 0.600. The number of hydrogen-bond donors (Lipinski definition) is 1. The van der Waals surface area contributed by atoms with Gasteiger partial charge in [-0.15, -0.1) is 0 Å². The maximum Gasteiger partial charge on any atom is 0.359 e. The lowest BCUT2D eigenvalue weighted by Crippen LogP contribution is -2.10. The van der Waals surface area contributed by atoms with Crippen LogP contribution >= 0.6 is 11.5 Å². The van der Waals surface area contributed by atoms with Crippen molar-refractivity contribution in [2.45, 2.75) is 6.92 Å². The third-order valence-corrected chi connectivity index (χ3v) is 1.86. The average molecular weight is 159 g/mol. The maximum atomic E-state index is 10.7. The lowest BCUT2D eigenvalue weighted by molar-refractivity contribution is 0.932. The molecule has 0 bridgehead atoms. The van der Waals surface area contributed by atoms with Crippen molar-refractivity contribution < 1.29 is 0 Å². The Hall–Kier alpha value is -0.840. The molecule has 1 heterocycles. The van der Waals surface area contributed by atoms with E-state index in [2.05, 4.69) is 10.3 Å². The molecule has 5 heteroatoms. The molecular formula is C5H9N3OS. The number of aromatic nitrogens is 2. The van der Waals surface area contributed by atoms with E-state index in [0.29, 0.717) is 5.13 Å². The van der Waals surface area contributed by atoms with E-state index in [-0.39, 0.29) is 5.69 Å². The normalized spacial score (nSPS) is 9.80. The zero-order valence-corrected chi connectivity index (χ0v) is 6.73. The minimum absolute atomic E-state index is 0.194. The number of aryl methyl sites for hydroxylation is 1. The van der Waals surface area contributed by atoms with Crippen LogP contribution in [0.15, 0.2) is 4.79 Å². The van der Waals surface area contributed by atoms with Crippen molar-refractivity contribution in [3.8, 4) is 0 Å². The van der Waals surface area contributed by atoms with Crippen LogP contribution in [0.1, 0.15) is 6.92 Å². The van der Waals surface area contributed by atoms with E-state index in [1.165, 1.54) is 15.5 Å². The fourth-order valence-electron chi connectivity index (χ4n) is 0.569. The second-order valence-electron chi connectivity index (χ2n) is 1.82. The second-order valence-corrected chi connectivity index (χ2v) is 2.94. The summed E-state index contributed by atoms with van der Waals surface area (Å²) >= 11 is 1.32. The molecule has 10 heavy (non-hydrogen) atoms. The van der Waals surface area contributed by atoms with Gasteiger partial charge in [-0.1, -0.05) is 0 Å². The highest BCUT2D eigenvalue weighted by Gasteiger charge is 1.98. The average Bonchev–Trinajstić information content (AvgIpc) is 2.14. The van der Waals surface area contributed by atoms with Crippen molar-refractivity contribution in [2.75, 3.05) is 11.9 Å². The van der Waals surface area contributed by atoms with Crippen molar-refractivity contribution in [3.05, 3.63) is 10.5 Å². The summed E-state index contributed by atoms with van der Waals surface area (Å²) in [6.45, 7) is 2.76. The predicted octanol–water partition coefficient (Wildman–Crippen LogP) is 0.274. The first-order valence-electron chi connectivity index (χ1n) is 3.02. The quantitative estimate of drug-likeness (QED) is 0.674. The van der Waals surface area contributed by atoms with Crippen molar-refractivity contribution >= 4 is 16.7 Å². The molecule has 0 radical (unpaired) electrons. The smallest absolute Gasteiger partial charge is 0.359 e. The fourth-order valence-corrected chi connectivity index (χ4v) is 1.28. The summed E-state index contributed by atoms with van der Waals surface area (Å²) < 4.78 is 1.48. The third kappa shape index (κ3) is 1.36. The van der Waals surface area contributed by atoms with Gasteiger partial charge in [-0.25, -0.2) is 8.75 Å². The van der Waals surface area contributed by atoms with E-state index in [1.54, 1.807) is 7.05 Å². The Labute approximate surface area is 62.7 Å². The van der Waals surface area contributed by atoms with Crippen LogP contribution in [0.2, 0.25) is 0 Å². The molecule has 1 aromatic heterocycles. The maximum absolute atomic E-state index is 10.7. The topological polar surface area (TPSA) is 46.9 Å². The molecule has 0 spiro atoms. The van der Waals surface area contributed by atoms with Gasteiger partial charge in [0.05, 0.1) is 0 Å².